The third-order valence-electron chi connectivity index (χ3n) is 7.94. The summed E-state index contributed by atoms with van der Waals surface area (Å²) in [5, 5.41) is 10.7. The van der Waals surface area contributed by atoms with E-state index in [1.54, 1.807) is 0 Å². The van der Waals surface area contributed by atoms with E-state index in [0.29, 0.717) is 17.6 Å². The van der Waals surface area contributed by atoms with Gasteiger partial charge < -0.3 is 5.11 Å². The zero-order chi connectivity index (χ0) is 15.5. The summed E-state index contributed by atoms with van der Waals surface area (Å²) in [6.07, 6.45) is 10.7. The lowest BCUT2D eigenvalue weighted by Crippen LogP contribution is -2.52. The number of hydrogen-bond acceptors (Lipinski definition) is 2. The first kappa shape index (κ1) is 14.9. The molecule has 2 nitrogen and oxygen atoms in total. The molecule has 1 unspecified atom stereocenters. The van der Waals surface area contributed by atoms with Gasteiger partial charge in [-0.25, -0.2) is 0 Å². The number of rotatable bonds is 1. The van der Waals surface area contributed by atoms with Gasteiger partial charge in [-0.3, -0.25) is 4.79 Å². The molecule has 2 heteroatoms. The molecule has 4 aliphatic carbocycles. The molecule has 22 heavy (non-hydrogen) atoms. The first-order valence-corrected chi connectivity index (χ1v) is 9.48. The van der Waals surface area contributed by atoms with Crippen LogP contribution in [0.5, 0.6) is 0 Å². The van der Waals surface area contributed by atoms with E-state index in [1.807, 2.05) is 6.08 Å². The average molecular weight is 302 g/mol. The van der Waals surface area contributed by atoms with Crippen LogP contribution >= 0.6 is 0 Å². The number of hydrogen-bond donors (Lipinski definition) is 1. The topological polar surface area (TPSA) is 37.3 Å². The highest BCUT2D eigenvalue weighted by atomic mass is 16.3. The lowest BCUT2D eigenvalue weighted by molar-refractivity contribution is -0.117. The van der Waals surface area contributed by atoms with Crippen molar-refractivity contribution in [3.05, 3.63) is 11.6 Å². The number of ketones is 1. The van der Waals surface area contributed by atoms with Gasteiger partial charge >= 0.3 is 0 Å². The minimum Gasteiger partial charge on any atom is -0.393 e. The molecule has 0 bridgehead atoms. The van der Waals surface area contributed by atoms with Gasteiger partial charge in [0.2, 0.25) is 0 Å². The van der Waals surface area contributed by atoms with E-state index in [1.165, 1.54) is 24.8 Å². The molecule has 122 valence electrons. The predicted octanol–water partition coefficient (Wildman–Crippen LogP) is 4.13. The summed E-state index contributed by atoms with van der Waals surface area (Å²) in [5.74, 6) is 3.99. The molecule has 0 saturated heterocycles. The smallest absolute Gasteiger partial charge is 0.155 e. The molecule has 0 heterocycles. The van der Waals surface area contributed by atoms with Gasteiger partial charge in [-0.05, 0) is 86.0 Å². The Bertz CT molecular complexity index is 508. The van der Waals surface area contributed by atoms with E-state index in [0.717, 1.165) is 49.9 Å². The Hall–Kier alpha value is -0.630. The molecule has 4 aliphatic rings. The number of carbonyl (C=O) groups excluding carboxylic acids is 1. The van der Waals surface area contributed by atoms with Crippen molar-refractivity contribution < 1.29 is 9.90 Å². The first-order chi connectivity index (χ1) is 10.6. The molecule has 0 radical (unpaired) electrons. The first-order valence-electron chi connectivity index (χ1n) is 9.48. The van der Waals surface area contributed by atoms with Crippen LogP contribution in [0.4, 0.5) is 0 Å². The Balaban J connectivity index is 1.69. The van der Waals surface area contributed by atoms with Crippen molar-refractivity contribution in [1.82, 2.24) is 0 Å². The van der Waals surface area contributed by atoms with Crippen LogP contribution in [0, 0.1) is 35.0 Å². The van der Waals surface area contributed by atoms with Gasteiger partial charge in [0.1, 0.15) is 0 Å². The standard InChI is InChI=1S/C20H30O2/c1-3-20-11-12(2)19-15-7-5-14(21)10-13(15)4-6-16(19)17(20)8-9-18(20)22/h10,12,15-19,22H,3-9,11H2,1-2H3/t12?,15-,16-,17-,18-,19+,20-/m0/s1. The predicted molar refractivity (Wildman–Crippen MR) is 87.3 cm³/mol. The minimum atomic E-state index is -0.0734. The normalized spacial score (nSPS) is 50.9. The van der Waals surface area contributed by atoms with Gasteiger partial charge in [0.15, 0.2) is 5.78 Å². The van der Waals surface area contributed by atoms with Gasteiger partial charge in [0.25, 0.3) is 0 Å². The third-order valence-corrected chi connectivity index (χ3v) is 7.94. The van der Waals surface area contributed by atoms with Crippen LogP contribution in [0.15, 0.2) is 11.6 Å². The Morgan fingerprint density at radius 3 is 2.82 bits per heavy atom. The highest BCUT2D eigenvalue weighted by Gasteiger charge is 2.59. The Labute approximate surface area is 134 Å². The quantitative estimate of drug-likeness (QED) is 0.791. The summed E-state index contributed by atoms with van der Waals surface area (Å²) in [6.45, 7) is 4.72. The van der Waals surface area contributed by atoms with Gasteiger partial charge in [-0.2, -0.15) is 0 Å². The molecule has 4 rings (SSSR count). The number of allylic oxidation sites excluding steroid dienone is 1. The van der Waals surface area contributed by atoms with Crippen LogP contribution in [0.25, 0.3) is 0 Å². The molecule has 7 atom stereocenters. The molecular weight excluding hydrogens is 272 g/mol. The fraction of sp³-hybridized carbons (Fsp3) is 0.850. The highest BCUT2D eigenvalue weighted by Crippen LogP contribution is 2.64. The lowest BCUT2D eigenvalue weighted by atomic mass is 9.48. The summed E-state index contributed by atoms with van der Waals surface area (Å²) < 4.78 is 0. The number of carbonyl (C=O) groups is 1. The van der Waals surface area contributed by atoms with E-state index in [2.05, 4.69) is 13.8 Å². The van der Waals surface area contributed by atoms with Crippen molar-refractivity contribution in [2.45, 2.75) is 71.3 Å². The van der Waals surface area contributed by atoms with Crippen molar-refractivity contribution in [1.29, 1.82) is 0 Å². The fourth-order valence-corrected chi connectivity index (χ4v) is 7.14. The highest BCUT2D eigenvalue weighted by molar-refractivity contribution is 5.91. The van der Waals surface area contributed by atoms with Gasteiger partial charge in [0.05, 0.1) is 6.10 Å². The fourth-order valence-electron chi connectivity index (χ4n) is 7.14. The SMILES string of the molecule is CC[C@]12CC(C)[C@H]3[C@@H](CCC4=CC(=O)CC[C@@H]43)[C@@H]1CC[C@@H]2O. The number of aliphatic hydroxyl groups is 1. The van der Waals surface area contributed by atoms with Crippen LogP contribution < -0.4 is 0 Å². The summed E-state index contributed by atoms with van der Waals surface area (Å²) in [4.78, 5) is 11.8. The molecule has 1 N–H and O–H groups in total. The van der Waals surface area contributed by atoms with Gasteiger partial charge in [-0.1, -0.05) is 19.4 Å². The maximum absolute atomic E-state index is 11.8. The second kappa shape index (κ2) is 5.19. The molecule has 0 aliphatic heterocycles. The van der Waals surface area contributed by atoms with E-state index in [4.69, 9.17) is 0 Å². The third kappa shape index (κ3) is 1.92. The Morgan fingerprint density at radius 2 is 2.05 bits per heavy atom. The molecular formula is C20H30O2. The molecule has 0 aromatic carbocycles. The molecule has 0 aromatic heterocycles. The van der Waals surface area contributed by atoms with Gasteiger partial charge in [0, 0.05) is 6.42 Å². The van der Waals surface area contributed by atoms with Crippen LogP contribution in [0.3, 0.4) is 0 Å². The van der Waals surface area contributed by atoms with E-state index < -0.39 is 0 Å². The molecule has 3 fully saturated rings. The number of fused-ring (bicyclic) bond motifs is 5. The summed E-state index contributed by atoms with van der Waals surface area (Å²) in [7, 11) is 0. The van der Waals surface area contributed by atoms with E-state index in [9.17, 15) is 9.90 Å². The molecule has 0 spiro atoms. The Kier molecular flexibility index (Phi) is 3.52. The minimum absolute atomic E-state index is 0.0734. The largest absolute Gasteiger partial charge is 0.393 e. The van der Waals surface area contributed by atoms with Crippen LogP contribution in [0.1, 0.15) is 65.2 Å². The monoisotopic (exact) mass is 302 g/mol. The lowest BCUT2D eigenvalue weighted by Gasteiger charge is -2.57. The zero-order valence-corrected chi connectivity index (χ0v) is 14.1. The molecule has 3 saturated carbocycles. The maximum atomic E-state index is 11.8. The molecule has 0 aromatic rings. The van der Waals surface area contributed by atoms with E-state index in [-0.39, 0.29) is 11.5 Å². The Morgan fingerprint density at radius 1 is 1.23 bits per heavy atom. The average Bonchev–Trinajstić information content (AvgIpc) is 2.84. The summed E-state index contributed by atoms with van der Waals surface area (Å²) in [5.41, 5.74) is 1.67. The van der Waals surface area contributed by atoms with Gasteiger partial charge in [-0.15, -0.1) is 0 Å². The van der Waals surface area contributed by atoms with Crippen molar-refractivity contribution in [2.24, 2.45) is 35.0 Å². The zero-order valence-electron chi connectivity index (χ0n) is 14.1. The van der Waals surface area contributed by atoms with Crippen molar-refractivity contribution in [3.8, 4) is 0 Å². The van der Waals surface area contributed by atoms with Crippen LogP contribution in [-0.2, 0) is 4.79 Å². The maximum Gasteiger partial charge on any atom is 0.155 e. The second-order valence-electron chi connectivity index (χ2n) is 8.58. The van der Waals surface area contributed by atoms with Crippen molar-refractivity contribution in [3.63, 3.8) is 0 Å². The van der Waals surface area contributed by atoms with Crippen LogP contribution in [0.2, 0.25) is 0 Å². The molecule has 0 amide bonds. The number of aliphatic hydroxyl groups excluding tert-OH is 1. The van der Waals surface area contributed by atoms with Crippen molar-refractivity contribution in [2.75, 3.05) is 0 Å². The summed E-state index contributed by atoms with van der Waals surface area (Å²) >= 11 is 0. The summed E-state index contributed by atoms with van der Waals surface area (Å²) in [6, 6.07) is 0. The van der Waals surface area contributed by atoms with Crippen molar-refractivity contribution >= 4 is 5.78 Å². The second-order valence-corrected chi connectivity index (χ2v) is 8.58. The van der Waals surface area contributed by atoms with Crippen LogP contribution in [-0.4, -0.2) is 17.0 Å². The van der Waals surface area contributed by atoms with E-state index >= 15 is 0 Å².